The standard InChI is InChI=1S/C9H9ClN2OS/c1-3-13-7-6-4-5(2)14-8(6)12-9(10)11-7/h4H,3H2,1-2H3. The van der Waals surface area contributed by atoms with E-state index in [9.17, 15) is 0 Å². The van der Waals surface area contributed by atoms with Crippen molar-refractivity contribution in [1.29, 1.82) is 0 Å². The number of aromatic nitrogens is 2. The van der Waals surface area contributed by atoms with Gasteiger partial charge in [0, 0.05) is 4.88 Å². The van der Waals surface area contributed by atoms with E-state index in [-0.39, 0.29) is 5.28 Å². The minimum absolute atomic E-state index is 0.239. The van der Waals surface area contributed by atoms with E-state index in [4.69, 9.17) is 16.3 Å². The summed E-state index contributed by atoms with van der Waals surface area (Å²) in [5.74, 6) is 0.576. The summed E-state index contributed by atoms with van der Waals surface area (Å²) in [6.07, 6.45) is 0. The Hall–Kier alpha value is -0.870. The highest BCUT2D eigenvalue weighted by atomic mass is 35.5. The summed E-state index contributed by atoms with van der Waals surface area (Å²) >= 11 is 7.36. The number of thiophene rings is 1. The van der Waals surface area contributed by atoms with Crippen LogP contribution in [0.5, 0.6) is 5.88 Å². The Kier molecular flexibility index (Phi) is 2.56. The highest BCUT2D eigenvalue weighted by molar-refractivity contribution is 7.18. The summed E-state index contributed by atoms with van der Waals surface area (Å²) in [5.41, 5.74) is 0. The number of halogens is 1. The molecule has 2 aromatic heterocycles. The van der Waals surface area contributed by atoms with E-state index in [0.717, 1.165) is 10.2 Å². The number of fused-ring (bicyclic) bond motifs is 1. The first-order valence-electron chi connectivity index (χ1n) is 4.27. The van der Waals surface area contributed by atoms with Gasteiger partial charge in [0.05, 0.1) is 12.0 Å². The molecule has 0 saturated heterocycles. The van der Waals surface area contributed by atoms with E-state index in [1.54, 1.807) is 11.3 Å². The van der Waals surface area contributed by atoms with Crippen molar-refractivity contribution in [2.24, 2.45) is 0 Å². The fourth-order valence-electron chi connectivity index (χ4n) is 1.24. The van der Waals surface area contributed by atoms with Gasteiger partial charge in [-0.2, -0.15) is 4.98 Å². The third-order valence-corrected chi connectivity index (χ3v) is 2.85. The van der Waals surface area contributed by atoms with Crippen LogP contribution < -0.4 is 4.74 Å². The predicted octanol–water partition coefficient (Wildman–Crippen LogP) is 3.05. The molecule has 0 amide bonds. The Morgan fingerprint density at radius 2 is 2.29 bits per heavy atom. The summed E-state index contributed by atoms with van der Waals surface area (Å²) in [6, 6.07) is 2.02. The number of hydrogen-bond acceptors (Lipinski definition) is 4. The molecule has 0 N–H and O–H groups in total. The maximum atomic E-state index is 5.77. The third kappa shape index (κ3) is 1.67. The van der Waals surface area contributed by atoms with Crippen LogP contribution in [0.25, 0.3) is 10.2 Å². The Balaban J connectivity index is 2.66. The first-order chi connectivity index (χ1) is 6.70. The first-order valence-corrected chi connectivity index (χ1v) is 5.46. The molecule has 0 aliphatic rings. The van der Waals surface area contributed by atoms with Gasteiger partial charge in [-0.3, -0.25) is 0 Å². The van der Waals surface area contributed by atoms with Crippen LogP contribution >= 0.6 is 22.9 Å². The molecular formula is C9H9ClN2OS. The predicted molar refractivity (Wildman–Crippen MR) is 58.3 cm³/mol. The van der Waals surface area contributed by atoms with E-state index in [2.05, 4.69) is 9.97 Å². The van der Waals surface area contributed by atoms with E-state index in [1.807, 2.05) is 19.9 Å². The molecule has 0 bridgehead atoms. The summed E-state index contributed by atoms with van der Waals surface area (Å²) < 4.78 is 5.38. The third-order valence-electron chi connectivity index (χ3n) is 1.73. The average Bonchev–Trinajstić information content (AvgIpc) is 2.45. The van der Waals surface area contributed by atoms with Crippen molar-refractivity contribution in [2.45, 2.75) is 13.8 Å². The number of nitrogens with zero attached hydrogens (tertiary/aromatic N) is 2. The zero-order valence-electron chi connectivity index (χ0n) is 7.87. The minimum Gasteiger partial charge on any atom is -0.477 e. The van der Waals surface area contributed by atoms with Gasteiger partial charge in [0.1, 0.15) is 4.83 Å². The molecule has 0 aromatic carbocycles. The van der Waals surface area contributed by atoms with E-state index in [1.165, 1.54) is 4.88 Å². The molecule has 0 unspecified atom stereocenters. The van der Waals surface area contributed by atoms with Gasteiger partial charge < -0.3 is 4.74 Å². The second-order valence-corrected chi connectivity index (χ2v) is 4.38. The maximum absolute atomic E-state index is 5.77. The summed E-state index contributed by atoms with van der Waals surface area (Å²) in [7, 11) is 0. The van der Waals surface area contributed by atoms with Crippen molar-refractivity contribution in [2.75, 3.05) is 6.61 Å². The first kappa shape index (κ1) is 9.68. The van der Waals surface area contributed by atoms with Crippen LogP contribution in [0.15, 0.2) is 6.07 Å². The molecule has 3 nitrogen and oxygen atoms in total. The lowest BCUT2D eigenvalue weighted by Crippen LogP contribution is -1.95. The average molecular weight is 229 g/mol. The Morgan fingerprint density at radius 3 is 3.00 bits per heavy atom. The van der Waals surface area contributed by atoms with Crippen LogP contribution in [0.3, 0.4) is 0 Å². The number of ether oxygens (including phenoxy) is 1. The molecule has 2 heterocycles. The molecule has 0 saturated carbocycles. The highest BCUT2D eigenvalue weighted by Gasteiger charge is 2.09. The molecule has 2 rings (SSSR count). The summed E-state index contributed by atoms with van der Waals surface area (Å²) in [4.78, 5) is 10.2. The van der Waals surface area contributed by atoms with Crippen LogP contribution in [-0.4, -0.2) is 16.6 Å². The normalized spacial score (nSPS) is 10.8. The maximum Gasteiger partial charge on any atom is 0.227 e. The van der Waals surface area contributed by atoms with E-state index < -0.39 is 0 Å². The molecule has 14 heavy (non-hydrogen) atoms. The van der Waals surface area contributed by atoms with Crippen LogP contribution in [-0.2, 0) is 0 Å². The molecule has 0 spiro atoms. The van der Waals surface area contributed by atoms with Crippen molar-refractivity contribution in [3.63, 3.8) is 0 Å². The fraction of sp³-hybridized carbons (Fsp3) is 0.333. The Bertz CT molecular complexity index is 469. The topological polar surface area (TPSA) is 35.0 Å². The van der Waals surface area contributed by atoms with Gasteiger partial charge in [0.15, 0.2) is 0 Å². The van der Waals surface area contributed by atoms with Crippen LogP contribution in [0.4, 0.5) is 0 Å². The van der Waals surface area contributed by atoms with Crippen molar-refractivity contribution in [3.8, 4) is 5.88 Å². The van der Waals surface area contributed by atoms with Crippen molar-refractivity contribution >= 4 is 33.2 Å². The zero-order valence-corrected chi connectivity index (χ0v) is 9.45. The SMILES string of the molecule is CCOc1nc(Cl)nc2sc(C)cc12. The molecular weight excluding hydrogens is 220 g/mol. The lowest BCUT2D eigenvalue weighted by atomic mass is 10.4. The van der Waals surface area contributed by atoms with Crippen molar-refractivity contribution in [3.05, 3.63) is 16.2 Å². The molecule has 0 fully saturated rings. The zero-order chi connectivity index (χ0) is 10.1. The van der Waals surface area contributed by atoms with Gasteiger partial charge in [-0.25, -0.2) is 4.98 Å². The largest absolute Gasteiger partial charge is 0.477 e. The minimum atomic E-state index is 0.239. The second kappa shape index (κ2) is 3.71. The molecule has 0 atom stereocenters. The number of rotatable bonds is 2. The molecule has 5 heteroatoms. The van der Waals surface area contributed by atoms with Crippen molar-refractivity contribution < 1.29 is 4.74 Å². The summed E-state index contributed by atoms with van der Waals surface area (Å²) in [5, 5.41) is 1.18. The van der Waals surface area contributed by atoms with E-state index in [0.29, 0.717) is 12.5 Å². The second-order valence-electron chi connectivity index (χ2n) is 2.81. The molecule has 0 aliphatic heterocycles. The van der Waals surface area contributed by atoms with Gasteiger partial charge >= 0.3 is 0 Å². The lowest BCUT2D eigenvalue weighted by molar-refractivity contribution is 0.331. The smallest absolute Gasteiger partial charge is 0.227 e. The van der Waals surface area contributed by atoms with Gasteiger partial charge in [-0.15, -0.1) is 11.3 Å². The lowest BCUT2D eigenvalue weighted by Gasteiger charge is -2.02. The Labute approximate surface area is 90.7 Å². The van der Waals surface area contributed by atoms with E-state index >= 15 is 0 Å². The number of aryl methyl sites for hydroxylation is 1. The van der Waals surface area contributed by atoms with Gasteiger partial charge in [-0.1, -0.05) is 0 Å². The van der Waals surface area contributed by atoms with Crippen LogP contribution in [0, 0.1) is 6.92 Å². The molecule has 2 aromatic rings. The quantitative estimate of drug-likeness (QED) is 0.741. The highest BCUT2D eigenvalue weighted by Crippen LogP contribution is 2.30. The van der Waals surface area contributed by atoms with Crippen molar-refractivity contribution in [1.82, 2.24) is 9.97 Å². The van der Waals surface area contributed by atoms with Gasteiger partial charge in [0.2, 0.25) is 11.2 Å². The Morgan fingerprint density at radius 1 is 1.50 bits per heavy atom. The monoisotopic (exact) mass is 228 g/mol. The molecule has 0 aliphatic carbocycles. The summed E-state index contributed by atoms with van der Waals surface area (Å²) in [6.45, 7) is 4.52. The molecule has 74 valence electrons. The molecule has 0 radical (unpaired) electrons. The van der Waals surface area contributed by atoms with Crippen LogP contribution in [0.1, 0.15) is 11.8 Å². The fourth-order valence-corrected chi connectivity index (χ4v) is 2.32. The van der Waals surface area contributed by atoms with Crippen LogP contribution in [0.2, 0.25) is 5.28 Å². The van der Waals surface area contributed by atoms with Gasteiger partial charge in [-0.05, 0) is 31.5 Å². The van der Waals surface area contributed by atoms with Gasteiger partial charge in [0.25, 0.3) is 0 Å². The number of hydrogen-bond donors (Lipinski definition) is 0.